The first-order valence-corrected chi connectivity index (χ1v) is 14.5. The molecular formula is C32H34O10S. The lowest BCUT2D eigenvalue weighted by molar-refractivity contribution is -0.142. The van der Waals surface area contributed by atoms with Gasteiger partial charge in [-0.25, -0.2) is 4.79 Å². The van der Waals surface area contributed by atoms with Gasteiger partial charge in [0.05, 0.1) is 53.4 Å². The molecule has 0 amide bonds. The molecule has 2 N–H and O–H groups in total. The smallest absolute Gasteiger partial charge is 0.329 e. The van der Waals surface area contributed by atoms with Crippen LogP contribution >= 0.6 is 11.3 Å². The van der Waals surface area contributed by atoms with Crippen molar-refractivity contribution < 1.29 is 48.2 Å². The zero-order chi connectivity index (χ0) is 30.4. The molecule has 0 aliphatic rings. The Hall–Kier alpha value is -4.00. The van der Waals surface area contributed by atoms with E-state index in [9.17, 15) is 14.7 Å². The number of fused-ring (bicyclic) bond motifs is 1. The van der Waals surface area contributed by atoms with Gasteiger partial charge in [0.2, 0.25) is 0 Å². The second-order valence-corrected chi connectivity index (χ2v) is 10.3. The highest BCUT2D eigenvalue weighted by molar-refractivity contribution is 7.22. The van der Waals surface area contributed by atoms with Gasteiger partial charge in [0.25, 0.3) is 0 Å². The van der Waals surface area contributed by atoms with Gasteiger partial charge < -0.3 is 38.6 Å². The number of benzene rings is 3. The van der Waals surface area contributed by atoms with Crippen LogP contribution in [0.25, 0.3) is 20.5 Å². The third-order valence-corrected chi connectivity index (χ3v) is 7.41. The average molecular weight is 611 g/mol. The van der Waals surface area contributed by atoms with Crippen LogP contribution in [0.2, 0.25) is 0 Å². The van der Waals surface area contributed by atoms with Crippen LogP contribution in [0, 0.1) is 0 Å². The van der Waals surface area contributed by atoms with Crippen molar-refractivity contribution in [2.24, 2.45) is 0 Å². The molecule has 0 spiro atoms. The fourth-order valence-corrected chi connectivity index (χ4v) is 5.36. The van der Waals surface area contributed by atoms with Gasteiger partial charge in [-0.15, -0.1) is 11.3 Å². The van der Waals surface area contributed by atoms with E-state index in [0.29, 0.717) is 68.9 Å². The number of methoxy groups -OCH3 is 1. The Labute approximate surface area is 253 Å². The minimum absolute atomic E-state index is 0.105. The molecular weight excluding hydrogens is 576 g/mol. The normalized spacial score (nSPS) is 11.1. The van der Waals surface area contributed by atoms with Gasteiger partial charge in [-0.3, -0.25) is 4.79 Å². The lowest BCUT2D eigenvalue weighted by atomic mass is 9.97. The lowest BCUT2D eigenvalue weighted by Gasteiger charge is -2.09. The minimum atomic E-state index is -1.01. The molecule has 3 aromatic carbocycles. The summed E-state index contributed by atoms with van der Waals surface area (Å²) in [7, 11) is 1.61. The second kappa shape index (κ2) is 16.6. The molecule has 4 aromatic rings. The standard InChI is InChI=1S/C32H34O10S/c1-37-26-10-11-27-28(20-26)43-32(23-2-6-24(33)7-3-23)30(27)31(36)22-4-8-25(9-5-22)42-19-18-40-15-14-38-12-13-39-16-17-41-21-29(34)35/h2-11,20,33H,12-19,21H2,1H3,(H,34,35). The van der Waals surface area contributed by atoms with Crippen LogP contribution in [-0.4, -0.2) is 88.5 Å². The van der Waals surface area contributed by atoms with Crippen LogP contribution in [0.15, 0.2) is 66.7 Å². The van der Waals surface area contributed by atoms with Crippen LogP contribution < -0.4 is 9.47 Å². The number of carboxylic acid groups (broad SMARTS) is 1. The fraction of sp³-hybridized carbons (Fsp3) is 0.312. The van der Waals surface area contributed by atoms with Crippen molar-refractivity contribution in [2.75, 3.05) is 66.6 Å². The summed E-state index contributed by atoms with van der Waals surface area (Å²) < 4.78 is 33.1. The molecule has 11 heteroatoms. The largest absolute Gasteiger partial charge is 0.508 e. The summed E-state index contributed by atoms with van der Waals surface area (Å²) in [6, 6.07) is 19.5. The monoisotopic (exact) mass is 610 g/mol. The predicted molar refractivity (Wildman–Crippen MR) is 162 cm³/mol. The number of phenols is 1. The number of hydrogen-bond donors (Lipinski definition) is 2. The minimum Gasteiger partial charge on any atom is -0.508 e. The maximum absolute atomic E-state index is 13.8. The number of thiophene rings is 1. The number of rotatable bonds is 19. The van der Waals surface area contributed by atoms with E-state index < -0.39 is 5.97 Å². The number of aromatic hydroxyl groups is 1. The molecule has 0 radical (unpaired) electrons. The zero-order valence-electron chi connectivity index (χ0n) is 23.8. The topological polar surface area (TPSA) is 130 Å². The van der Waals surface area contributed by atoms with Crippen LogP contribution in [-0.2, 0) is 23.7 Å². The molecule has 4 rings (SSSR count). The number of carbonyl (C=O) groups is 2. The molecule has 1 heterocycles. The third kappa shape index (κ3) is 9.50. The molecule has 0 saturated carbocycles. The Morgan fingerprint density at radius 3 is 1.91 bits per heavy atom. The maximum atomic E-state index is 13.8. The fourth-order valence-electron chi connectivity index (χ4n) is 4.13. The Kier molecular flexibility index (Phi) is 12.3. The predicted octanol–water partition coefficient (Wildman–Crippen LogP) is 5.04. The molecule has 0 aliphatic carbocycles. The summed E-state index contributed by atoms with van der Waals surface area (Å²) in [5.41, 5.74) is 1.99. The van der Waals surface area contributed by atoms with Crippen molar-refractivity contribution in [3.05, 3.63) is 77.9 Å². The van der Waals surface area contributed by atoms with Gasteiger partial charge in [-0.2, -0.15) is 0 Å². The first-order chi connectivity index (χ1) is 21.0. The summed E-state index contributed by atoms with van der Waals surface area (Å²) in [6.07, 6.45) is 0. The van der Waals surface area contributed by atoms with Crippen LogP contribution in [0.5, 0.6) is 17.2 Å². The number of aliphatic carboxylic acids is 1. The van der Waals surface area contributed by atoms with Crippen molar-refractivity contribution in [1.82, 2.24) is 0 Å². The molecule has 1 aromatic heterocycles. The lowest BCUT2D eigenvalue weighted by Crippen LogP contribution is -2.15. The van der Waals surface area contributed by atoms with E-state index in [2.05, 4.69) is 0 Å². The molecule has 0 unspecified atom stereocenters. The van der Waals surface area contributed by atoms with Gasteiger partial charge >= 0.3 is 5.97 Å². The number of ether oxygens (including phenoxy) is 6. The Bertz CT molecular complexity index is 1460. The molecule has 0 atom stereocenters. The summed E-state index contributed by atoms with van der Waals surface area (Å²) in [6.45, 7) is 2.51. The van der Waals surface area contributed by atoms with Crippen LogP contribution in [0.1, 0.15) is 15.9 Å². The third-order valence-electron chi connectivity index (χ3n) is 6.21. The van der Waals surface area contributed by atoms with Crippen molar-refractivity contribution in [2.45, 2.75) is 0 Å². The molecule has 0 fully saturated rings. The second-order valence-electron chi connectivity index (χ2n) is 9.20. The van der Waals surface area contributed by atoms with Crippen LogP contribution in [0.4, 0.5) is 0 Å². The van der Waals surface area contributed by atoms with Gasteiger partial charge in [0.1, 0.15) is 30.5 Å². The van der Waals surface area contributed by atoms with Crippen molar-refractivity contribution >= 4 is 33.2 Å². The molecule has 228 valence electrons. The summed E-state index contributed by atoms with van der Waals surface area (Å²) in [4.78, 5) is 24.9. The summed E-state index contributed by atoms with van der Waals surface area (Å²) >= 11 is 1.51. The summed E-state index contributed by atoms with van der Waals surface area (Å²) in [5.74, 6) is 0.387. The average Bonchev–Trinajstić information content (AvgIpc) is 3.40. The van der Waals surface area contributed by atoms with E-state index >= 15 is 0 Å². The Balaban J connectivity index is 1.23. The molecule has 10 nitrogen and oxygen atoms in total. The van der Waals surface area contributed by atoms with E-state index in [1.807, 2.05) is 18.2 Å². The molecule has 0 saturated heterocycles. The number of hydrogen-bond acceptors (Lipinski definition) is 10. The highest BCUT2D eigenvalue weighted by atomic mass is 32.1. The van der Waals surface area contributed by atoms with Crippen molar-refractivity contribution in [1.29, 1.82) is 0 Å². The first kappa shape index (κ1) is 31.9. The van der Waals surface area contributed by atoms with E-state index in [0.717, 1.165) is 20.5 Å². The SMILES string of the molecule is COc1ccc2c(C(=O)c3ccc(OCCOCCOCCOCCOCC(=O)O)cc3)c(-c3ccc(O)cc3)sc2c1. The van der Waals surface area contributed by atoms with Crippen molar-refractivity contribution in [3.63, 3.8) is 0 Å². The van der Waals surface area contributed by atoms with Gasteiger partial charge in [0, 0.05) is 26.1 Å². The Morgan fingerprint density at radius 1 is 0.721 bits per heavy atom. The van der Waals surface area contributed by atoms with E-state index in [4.69, 9.17) is 33.5 Å². The quantitative estimate of drug-likeness (QED) is 0.110. The molecule has 43 heavy (non-hydrogen) atoms. The van der Waals surface area contributed by atoms with Crippen molar-refractivity contribution in [3.8, 4) is 27.7 Å². The number of carbonyl (C=O) groups excluding carboxylic acids is 1. The number of phenolic OH excluding ortho intramolecular Hbond substituents is 1. The highest BCUT2D eigenvalue weighted by Gasteiger charge is 2.22. The highest BCUT2D eigenvalue weighted by Crippen LogP contribution is 2.41. The van der Waals surface area contributed by atoms with Gasteiger partial charge in [-0.1, -0.05) is 0 Å². The number of ketones is 1. The summed E-state index contributed by atoms with van der Waals surface area (Å²) in [5, 5.41) is 19.1. The first-order valence-electron chi connectivity index (χ1n) is 13.7. The van der Waals surface area contributed by atoms with Gasteiger partial charge in [0.15, 0.2) is 5.78 Å². The Morgan fingerprint density at radius 2 is 1.30 bits per heavy atom. The zero-order valence-corrected chi connectivity index (χ0v) is 24.6. The molecule has 0 aliphatic heterocycles. The van der Waals surface area contributed by atoms with Crippen LogP contribution in [0.3, 0.4) is 0 Å². The van der Waals surface area contributed by atoms with E-state index in [1.54, 1.807) is 55.6 Å². The van der Waals surface area contributed by atoms with E-state index in [-0.39, 0.29) is 24.7 Å². The van der Waals surface area contributed by atoms with Gasteiger partial charge in [-0.05, 0) is 72.3 Å². The maximum Gasteiger partial charge on any atom is 0.329 e. The molecule has 0 bridgehead atoms. The number of carboxylic acids is 1. The van der Waals surface area contributed by atoms with E-state index in [1.165, 1.54) is 11.3 Å².